The van der Waals surface area contributed by atoms with E-state index in [1.807, 2.05) is 0 Å². The van der Waals surface area contributed by atoms with Gasteiger partial charge in [0.05, 0.1) is 0 Å². The molecule has 5 heteroatoms. The third-order valence-corrected chi connectivity index (χ3v) is 4.18. The van der Waals surface area contributed by atoms with Gasteiger partial charge in [0.2, 0.25) is 6.79 Å². The Kier molecular flexibility index (Phi) is 4.03. The number of ether oxygens (including phenoxy) is 2. The zero-order valence-corrected chi connectivity index (χ0v) is 14.0. The fourth-order valence-electron chi connectivity index (χ4n) is 3.13. The van der Waals surface area contributed by atoms with Crippen molar-refractivity contribution in [3.63, 3.8) is 0 Å². The molecule has 1 amide bonds. The van der Waals surface area contributed by atoms with Crippen LogP contribution in [0.4, 0.5) is 0 Å². The maximum atomic E-state index is 12.3. The third-order valence-electron chi connectivity index (χ3n) is 4.18. The molecule has 0 aliphatic carbocycles. The van der Waals surface area contributed by atoms with Crippen molar-refractivity contribution in [1.82, 2.24) is 9.88 Å². The number of hydrogen-bond donors (Lipinski definition) is 1. The van der Waals surface area contributed by atoms with Crippen LogP contribution in [0.25, 0.3) is 0 Å². The lowest BCUT2D eigenvalue weighted by Gasteiger charge is -2.14. The smallest absolute Gasteiger partial charge is 0.251 e. The molecule has 23 heavy (non-hydrogen) atoms. The van der Waals surface area contributed by atoms with Crippen molar-refractivity contribution in [1.29, 1.82) is 0 Å². The average molecular weight is 314 g/mol. The van der Waals surface area contributed by atoms with Crippen LogP contribution in [-0.4, -0.2) is 17.3 Å². The molecule has 0 saturated carbocycles. The quantitative estimate of drug-likeness (QED) is 0.941. The molecular weight excluding hydrogens is 292 g/mol. The molecule has 1 aliphatic rings. The van der Waals surface area contributed by atoms with E-state index in [4.69, 9.17) is 9.47 Å². The van der Waals surface area contributed by atoms with Gasteiger partial charge < -0.3 is 19.4 Å². The monoisotopic (exact) mass is 314 g/mol. The Bertz CT molecular complexity index is 747. The summed E-state index contributed by atoms with van der Waals surface area (Å²) in [6.45, 7) is 9.23. The number of aryl methyl sites for hydroxylation is 1. The summed E-state index contributed by atoms with van der Waals surface area (Å²) in [7, 11) is 0. The number of fused-ring (bicyclic) bond motifs is 1. The SMILES string of the molecule is Cc1cc(CNC(=O)c2ccc3c(c2)OCO3)c(C)n1C(C)C. The van der Waals surface area contributed by atoms with Crippen molar-refractivity contribution in [2.24, 2.45) is 0 Å². The van der Waals surface area contributed by atoms with Gasteiger partial charge in [-0.1, -0.05) is 0 Å². The summed E-state index contributed by atoms with van der Waals surface area (Å²) < 4.78 is 12.9. The summed E-state index contributed by atoms with van der Waals surface area (Å²) in [5.41, 5.74) is 4.13. The van der Waals surface area contributed by atoms with Gasteiger partial charge in [-0.2, -0.15) is 0 Å². The van der Waals surface area contributed by atoms with Crippen LogP contribution in [0.2, 0.25) is 0 Å². The van der Waals surface area contributed by atoms with Crippen molar-refractivity contribution < 1.29 is 14.3 Å². The Balaban J connectivity index is 1.71. The third kappa shape index (κ3) is 2.91. The molecule has 0 fully saturated rings. The first-order chi connectivity index (χ1) is 11.0. The molecule has 2 heterocycles. The largest absolute Gasteiger partial charge is 0.454 e. The van der Waals surface area contributed by atoms with Crippen LogP contribution in [0.1, 0.15) is 47.2 Å². The van der Waals surface area contributed by atoms with Crippen LogP contribution >= 0.6 is 0 Å². The highest BCUT2D eigenvalue weighted by Crippen LogP contribution is 2.32. The van der Waals surface area contributed by atoms with Gasteiger partial charge in [0.15, 0.2) is 11.5 Å². The zero-order valence-electron chi connectivity index (χ0n) is 14.0. The lowest BCUT2D eigenvalue weighted by atomic mass is 10.1. The normalized spacial score (nSPS) is 12.7. The van der Waals surface area contributed by atoms with Crippen molar-refractivity contribution in [3.8, 4) is 11.5 Å². The number of rotatable bonds is 4. The molecule has 1 aliphatic heterocycles. The van der Waals surface area contributed by atoms with Crippen molar-refractivity contribution in [3.05, 3.63) is 46.8 Å². The number of nitrogens with one attached hydrogen (secondary N) is 1. The lowest BCUT2D eigenvalue weighted by Crippen LogP contribution is -2.23. The van der Waals surface area contributed by atoms with Crippen LogP contribution < -0.4 is 14.8 Å². The molecule has 122 valence electrons. The standard InChI is InChI=1S/C18H22N2O3/c1-11(2)20-12(3)7-15(13(20)4)9-19-18(21)14-5-6-16-17(8-14)23-10-22-16/h5-8,11H,9-10H2,1-4H3,(H,19,21). The first-order valence-corrected chi connectivity index (χ1v) is 7.82. The van der Waals surface area contributed by atoms with Crippen LogP contribution in [0.15, 0.2) is 24.3 Å². The van der Waals surface area contributed by atoms with E-state index >= 15 is 0 Å². The molecule has 0 radical (unpaired) electrons. The van der Waals surface area contributed by atoms with E-state index in [1.54, 1.807) is 18.2 Å². The highest BCUT2D eigenvalue weighted by Gasteiger charge is 2.17. The number of benzene rings is 1. The molecule has 0 atom stereocenters. The van der Waals surface area contributed by atoms with Gasteiger partial charge in [-0.3, -0.25) is 4.79 Å². The predicted molar refractivity (Wildman–Crippen MR) is 88.0 cm³/mol. The van der Waals surface area contributed by atoms with Gasteiger partial charge in [-0.15, -0.1) is 0 Å². The minimum Gasteiger partial charge on any atom is -0.454 e. The van der Waals surface area contributed by atoms with Crippen molar-refractivity contribution in [2.75, 3.05) is 6.79 Å². The summed E-state index contributed by atoms with van der Waals surface area (Å²) in [5, 5.41) is 2.98. The Labute approximate surface area is 136 Å². The minimum atomic E-state index is -0.113. The molecule has 0 unspecified atom stereocenters. The Morgan fingerprint density at radius 2 is 1.96 bits per heavy atom. The second-order valence-corrected chi connectivity index (χ2v) is 6.11. The highest BCUT2D eigenvalue weighted by molar-refractivity contribution is 5.94. The van der Waals surface area contributed by atoms with Crippen molar-refractivity contribution >= 4 is 5.91 Å². The first kappa shape index (κ1) is 15.5. The summed E-state index contributed by atoms with van der Waals surface area (Å²) in [6, 6.07) is 7.78. The van der Waals surface area contributed by atoms with Gasteiger partial charge in [-0.25, -0.2) is 0 Å². The van der Waals surface area contributed by atoms with E-state index in [0.29, 0.717) is 29.6 Å². The Morgan fingerprint density at radius 3 is 2.65 bits per heavy atom. The zero-order chi connectivity index (χ0) is 16.6. The molecule has 0 saturated heterocycles. The van der Waals surface area contributed by atoms with Gasteiger partial charge in [0.25, 0.3) is 5.91 Å². The van der Waals surface area contributed by atoms with E-state index in [-0.39, 0.29) is 12.7 Å². The molecule has 1 aromatic heterocycles. The maximum absolute atomic E-state index is 12.3. The van der Waals surface area contributed by atoms with Gasteiger partial charge in [-0.05, 0) is 57.5 Å². The highest BCUT2D eigenvalue weighted by atomic mass is 16.7. The number of amides is 1. The molecule has 1 N–H and O–H groups in total. The van der Waals surface area contributed by atoms with Gasteiger partial charge in [0.1, 0.15) is 0 Å². The van der Waals surface area contributed by atoms with E-state index in [9.17, 15) is 4.79 Å². The van der Waals surface area contributed by atoms with Crippen molar-refractivity contribution in [2.45, 2.75) is 40.3 Å². The minimum absolute atomic E-state index is 0.113. The molecule has 3 rings (SSSR count). The van der Waals surface area contributed by atoms with E-state index < -0.39 is 0 Å². The second kappa shape index (κ2) is 5.99. The van der Waals surface area contributed by atoms with Crippen LogP contribution in [0.5, 0.6) is 11.5 Å². The van der Waals surface area contributed by atoms with Crippen LogP contribution in [0, 0.1) is 13.8 Å². The summed E-state index contributed by atoms with van der Waals surface area (Å²) >= 11 is 0. The molecule has 0 bridgehead atoms. The summed E-state index contributed by atoms with van der Waals surface area (Å²) in [6.07, 6.45) is 0. The van der Waals surface area contributed by atoms with E-state index in [1.165, 1.54) is 11.4 Å². The summed E-state index contributed by atoms with van der Waals surface area (Å²) in [5.74, 6) is 1.19. The Morgan fingerprint density at radius 1 is 1.22 bits per heavy atom. The topological polar surface area (TPSA) is 52.5 Å². The fourth-order valence-corrected chi connectivity index (χ4v) is 3.13. The number of nitrogens with zero attached hydrogens (tertiary/aromatic N) is 1. The Hall–Kier alpha value is -2.43. The van der Waals surface area contributed by atoms with Crippen LogP contribution in [0.3, 0.4) is 0 Å². The lowest BCUT2D eigenvalue weighted by molar-refractivity contribution is 0.0950. The average Bonchev–Trinajstić information content (AvgIpc) is 3.08. The van der Waals surface area contributed by atoms with Gasteiger partial charge >= 0.3 is 0 Å². The van der Waals surface area contributed by atoms with Gasteiger partial charge in [0, 0.05) is 29.5 Å². The first-order valence-electron chi connectivity index (χ1n) is 7.82. The van der Waals surface area contributed by atoms with E-state index in [2.05, 4.69) is 43.6 Å². The molecule has 0 spiro atoms. The molecular formula is C18H22N2O3. The number of carbonyl (C=O) groups excluding carboxylic acids is 1. The predicted octanol–water partition coefficient (Wildman–Crippen LogP) is 3.34. The number of carbonyl (C=O) groups is 1. The van der Waals surface area contributed by atoms with E-state index in [0.717, 1.165) is 5.56 Å². The molecule has 1 aromatic carbocycles. The second-order valence-electron chi connectivity index (χ2n) is 6.11. The molecule has 2 aromatic rings. The summed E-state index contributed by atoms with van der Waals surface area (Å²) in [4.78, 5) is 12.3. The fraction of sp³-hybridized carbons (Fsp3) is 0.389. The maximum Gasteiger partial charge on any atom is 0.251 e. The number of hydrogen-bond acceptors (Lipinski definition) is 3. The molecule has 5 nitrogen and oxygen atoms in total. The van der Waals surface area contributed by atoms with Crippen LogP contribution in [-0.2, 0) is 6.54 Å². The number of aromatic nitrogens is 1.